The van der Waals surface area contributed by atoms with Gasteiger partial charge in [-0.05, 0) is 40.2 Å². The molecule has 0 saturated heterocycles. The highest BCUT2D eigenvalue weighted by Gasteiger charge is 2.25. The molecule has 0 aliphatic heterocycles. The minimum Gasteiger partial charge on any atom is -0.480 e. The first-order valence-electron chi connectivity index (χ1n) is 7.02. The van der Waals surface area contributed by atoms with Gasteiger partial charge >= 0.3 is 5.97 Å². The molecule has 0 spiro atoms. The summed E-state index contributed by atoms with van der Waals surface area (Å²) < 4.78 is 2.06. The molecule has 1 amide bonds. The SMILES string of the molecule is CCC(C)N(CC(=O)O)C(=O)c1cc(C)n(CC)c1C. The van der Waals surface area contributed by atoms with E-state index in [2.05, 4.69) is 4.57 Å². The molecule has 0 aliphatic rings. The van der Waals surface area contributed by atoms with E-state index < -0.39 is 5.97 Å². The molecule has 1 heterocycles. The van der Waals surface area contributed by atoms with Gasteiger partial charge in [0.05, 0.1) is 5.56 Å². The van der Waals surface area contributed by atoms with Crippen molar-refractivity contribution < 1.29 is 14.7 Å². The van der Waals surface area contributed by atoms with Crippen molar-refractivity contribution in [2.24, 2.45) is 0 Å². The van der Waals surface area contributed by atoms with E-state index in [0.29, 0.717) is 5.56 Å². The Morgan fingerprint density at radius 2 is 1.95 bits per heavy atom. The van der Waals surface area contributed by atoms with Crippen LogP contribution in [0.25, 0.3) is 0 Å². The molecule has 20 heavy (non-hydrogen) atoms. The van der Waals surface area contributed by atoms with Gasteiger partial charge in [0.1, 0.15) is 6.54 Å². The lowest BCUT2D eigenvalue weighted by Gasteiger charge is -2.27. The first-order valence-corrected chi connectivity index (χ1v) is 7.02. The molecule has 0 aromatic carbocycles. The van der Waals surface area contributed by atoms with Crippen molar-refractivity contribution in [1.29, 1.82) is 0 Å². The normalized spacial score (nSPS) is 12.2. The molecule has 1 atom stereocenters. The summed E-state index contributed by atoms with van der Waals surface area (Å²) in [6.45, 7) is 10.2. The van der Waals surface area contributed by atoms with Crippen LogP contribution in [0.4, 0.5) is 0 Å². The Bertz CT molecular complexity index is 505. The first-order chi connectivity index (χ1) is 9.33. The molecule has 0 radical (unpaired) electrons. The number of aryl methyl sites for hydroxylation is 1. The maximum Gasteiger partial charge on any atom is 0.323 e. The number of aliphatic carboxylic acids is 1. The summed E-state index contributed by atoms with van der Waals surface area (Å²) >= 11 is 0. The third kappa shape index (κ3) is 3.21. The number of hydrogen-bond donors (Lipinski definition) is 1. The van der Waals surface area contributed by atoms with Gasteiger partial charge in [-0.25, -0.2) is 0 Å². The van der Waals surface area contributed by atoms with Crippen molar-refractivity contribution in [1.82, 2.24) is 9.47 Å². The highest BCUT2D eigenvalue weighted by Crippen LogP contribution is 2.19. The van der Waals surface area contributed by atoms with Gasteiger partial charge < -0.3 is 14.6 Å². The largest absolute Gasteiger partial charge is 0.480 e. The molecule has 1 aromatic heterocycles. The third-order valence-electron chi connectivity index (χ3n) is 3.81. The summed E-state index contributed by atoms with van der Waals surface area (Å²) in [7, 11) is 0. The average molecular weight is 280 g/mol. The van der Waals surface area contributed by atoms with Crippen LogP contribution in [-0.4, -0.2) is 39.0 Å². The number of amides is 1. The molecule has 0 fully saturated rings. The van der Waals surface area contributed by atoms with Crippen molar-refractivity contribution >= 4 is 11.9 Å². The molecule has 0 saturated carbocycles. The fraction of sp³-hybridized carbons (Fsp3) is 0.600. The number of hydrogen-bond acceptors (Lipinski definition) is 2. The molecular formula is C15H24N2O3. The van der Waals surface area contributed by atoms with Gasteiger partial charge in [0.25, 0.3) is 5.91 Å². The number of rotatable bonds is 6. The minimum atomic E-state index is -0.983. The molecule has 1 unspecified atom stereocenters. The number of carbonyl (C=O) groups excluding carboxylic acids is 1. The van der Waals surface area contributed by atoms with E-state index in [1.54, 1.807) is 0 Å². The van der Waals surface area contributed by atoms with Gasteiger partial charge in [0.15, 0.2) is 0 Å². The molecule has 0 bridgehead atoms. The quantitative estimate of drug-likeness (QED) is 0.870. The van der Waals surface area contributed by atoms with Gasteiger partial charge in [-0.15, -0.1) is 0 Å². The number of nitrogens with zero attached hydrogens (tertiary/aromatic N) is 2. The molecule has 1 N–H and O–H groups in total. The van der Waals surface area contributed by atoms with Crippen molar-refractivity contribution in [3.05, 3.63) is 23.0 Å². The summed E-state index contributed by atoms with van der Waals surface area (Å²) in [4.78, 5) is 25.0. The van der Waals surface area contributed by atoms with E-state index in [0.717, 1.165) is 24.4 Å². The molecule has 5 nitrogen and oxygen atoms in total. The molecule has 5 heteroatoms. The van der Waals surface area contributed by atoms with E-state index in [4.69, 9.17) is 5.11 Å². The zero-order valence-electron chi connectivity index (χ0n) is 12.9. The Morgan fingerprint density at radius 1 is 1.35 bits per heavy atom. The van der Waals surface area contributed by atoms with Crippen molar-refractivity contribution in [3.63, 3.8) is 0 Å². The molecular weight excluding hydrogens is 256 g/mol. The van der Waals surface area contributed by atoms with E-state index in [1.807, 2.05) is 40.7 Å². The zero-order chi connectivity index (χ0) is 15.4. The monoisotopic (exact) mass is 280 g/mol. The van der Waals surface area contributed by atoms with Crippen LogP contribution in [0.3, 0.4) is 0 Å². The summed E-state index contributed by atoms with van der Waals surface area (Å²) in [5.41, 5.74) is 2.52. The third-order valence-corrected chi connectivity index (χ3v) is 3.81. The van der Waals surface area contributed by atoms with E-state index in [-0.39, 0.29) is 18.5 Å². The van der Waals surface area contributed by atoms with Crippen molar-refractivity contribution in [2.75, 3.05) is 6.54 Å². The lowest BCUT2D eigenvalue weighted by Crippen LogP contribution is -2.42. The summed E-state index contributed by atoms with van der Waals surface area (Å²) in [5.74, 6) is -1.18. The van der Waals surface area contributed by atoms with Crippen LogP contribution in [0.2, 0.25) is 0 Å². The number of carboxylic acids is 1. The van der Waals surface area contributed by atoms with Crippen LogP contribution in [0.1, 0.15) is 48.9 Å². The van der Waals surface area contributed by atoms with Crippen LogP contribution in [0.5, 0.6) is 0 Å². The number of carboxylic acid groups (broad SMARTS) is 1. The van der Waals surface area contributed by atoms with Crippen LogP contribution >= 0.6 is 0 Å². The predicted molar refractivity (Wildman–Crippen MR) is 78.0 cm³/mol. The van der Waals surface area contributed by atoms with Gasteiger partial charge in [-0.1, -0.05) is 6.92 Å². The standard InChI is InChI=1S/C15H24N2O3/c1-6-10(3)17(9-14(18)19)15(20)13-8-11(4)16(7-2)12(13)5/h8,10H,6-7,9H2,1-5H3,(H,18,19). The molecule has 1 rings (SSSR count). The fourth-order valence-electron chi connectivity index (χ4n) is 2.45. The van der Waals surface area contributed by atoms with Crippen LogP contribution in [0, 0.1) is 13.8 Å². The second-order valence-electron chi connectivity index (χ2n) is 5.11. The Balaban J connectivity index is 3.15. The molecule has 0 aliphatic carbocycles. The lowest BCUT2D eigenvalue weighted by atomic mass is 10.1. The van der Waals surface area contributed by atoms with Gasteiger partial charge in [-0.2, -0.15) is 0 Å². The maximum atomic E-state index is 12.6. The molecule has 1 aromatic rings. The Labute approximate surface area is 120 Å². The zero-order valence-corrected chi connectivity index (χ0v) is 12.9. The summed E-state index contributed by atoms with van der Waals surface area (Å²) in [6.07, 6.45) is 0.728. The summed E-state index contributed by atoms with van der Waals surface area (Å²) in [5, 5.41) is 9.00. The van der Waals surface area contributed by atoms with Gasteiger partial charge in [-0.3, -0.25) is 9.59 Å². The fourth-order valence-corrected chi connectivity index (χ4v) is 2.45. The maximum absolute atomic E-state index is 12.6. The first kappa shape index (κ1) is 16.3. The smallest absolute Gasteiger partial charge is 0.323 e. The Hall–Kier alpha value is -1.78. The lowest BCUT2D eigenvalue weighted by molar-refractivity contribution is -0.138. The van der Waals surface area contributed by atoms with Gasteiger partial charge in [0.2, 0.25) is 0 Å². The Morgan fingerprint density at radius 3 is 2.35 bits per heavy atom. The Kier molecular flexibility index (Phi) is 5.36. The topological polar surface area (TPSA) is 62.5 Å². The van der Waals surface area contributed by atoms with Crippen molar-refractivity contribution in [3.8, 4) is 0 Å². The second kappa shape index (κ2) is 6.59. The molecule has 112 valence electrons. The number of carbonyl (C=O) groups is 2. The highest BCUT2D eigenvalue weighted by molar-refractivity contribution is 5.97. The van der Waals surface area contributed by atoms with Gasteiger partial charge in [0, 0.05) is 24.0 Å². The van der Waals surface area contributed by atoms with E-state index >= 15 is 0 Å². The summed E-state index contributed by atoms with van der Waals surface area (Å²) in [6, 6.07) is 1.75. The highest BCUT2D eigenvalue weighted by atomic mass is 16.4. The van der Waals surface area contributed by atoms with E-state index in [1.165, 1.54) is 4.90 Å². The predicted octanol–water partition coefficient (Wildman–Crippen LogP) is 2.45. The van der Waals surface area contributed by atoms with Crippen LogP contribution in [0.15, 0.2) is 6.07 Å². The number of aromatic nitrogens is 1. The van der Waals surface area contributed by atoms with Crippen molar-refractivity contribution in [2.45, 2.75) is 53.6 Å². The van der Waals surface area contributed by atoms with Crippen LogP contribution in [-0.2, 0) is 11.3 Å². The van der Waals surface area contributed by atoms with E-state index in [9.17, 15) is 9.59 Å². The second-order valence-corrected chi connectivity index (χ2v) is 5.11. The minimum absolute atomic E-state index is 0.0942. The van der Waals surface area contributed by atoms with Crippen LogP contribution < -0.4 is 0 Å². The average Bonchev–Trinajstić information content (AvgIpc) is 2.68.